The standard InChI is InChI=1S/C22H28N7O16P3/c23-10-2-1-4-27(6-10)19-14(31)13(30)12(42-19)8-41-46(33,34)21(45-48(38,39)40)17-15(32)16(44-47(35,36)37)20(43-17)28-7-11-18(25-9-28)26-22-24-3-5-29(11)22/h1-7,9,12-17,19-21,30-32H,8,23H2,(H4-,33,34,35,36,37,38,39,40)/p+1/t12-,13-,14-,15+,16-,17-,19-,20-,21?/m1/s1. The minimum absolute atomic E-state index is 0.186. The minimum atomic E-state index is -5.69. The van der Waals surface area contributed by atoms with Crippen LogP contribution in [0.15, 0.2) is 49.4 Å². The van der Waals surface area contributed by atoms with Gasteiger partial charge in [-0.3, -0.25) is 18.0 Å². The van der Waals surface area contributed by atoms with Gasteiger partial charge in [-0.25, -0.2) is 19.1 Å². The molecule has 6 rings (SSSR count). The van der Waals surface area contributed by atoms with Crippen LogP contribution in [0.2, 0.25) is 0 Å². The molecule has 26 heteroatoms. The highest BCUT2D eigenvalue weighted by Crippen LogP contribution is 2.59. The van der Waals surface area contributed by atoms with Crippen molar-refractivity contribution in [1.29, 1.82) is 0 Å². The smallest absolute Gasteiger partial charge is 0.394 e. The fraction of sp³-hybridized carbons (Fsp3) is 0.455. The molecule has 4 aromatic heterocycles. The molecule has 2 saturated heterocycles. The summed E-state index contributed by atoms with van der Waals surface area (Å²) in [7, 11) is -16.6. The van der Waals surface area contributed by atoms with E-state index in [2.05, 4.69) is 19.5 Å². The third-order valence-electron chi connectivity index (χ3n) is 7.45. The Morgan fingerprint density at radius 1 is 1.02 bits per heavy atom. The summed E-state index contributed by atoms with van der Waals surface area (Å²) in [6.07, 6.45) is -6.22. The summed E-state index contributed by atoms with van der Waals surface area (Å²) in [6.45, 7) is -0.971. The van der Waals surface area contributed by atoms with Crippen LogP contribution in [-0.4, -0.2) is 113 Å². The molecule has 0 bridgehead atoms. The average molecular weight is 740 g/mol. The molecule has 0 aliphatic carbocycles. The van der Waals surface area contributed by atoms with Crippen molar-refractivity contribution in [2.45, 2.75) is 54.9 Å². The first-order valence-electron chi connectivity index (χ1n) is 13.6. The first kappa shape index (κ1) is 35.1. The molecule has 262 valence electrons. The maximum Gasteiger partial charge on any atom is 0.470 e. The summed E-state index contributed by atoms with van der Waals surface area (Å²) in [5.41, 5.74) is 6.52. The number of nitrogens with two attached hydrogens (primary N) is 1. The molecule has 48 heavy (non-hydrogen) atoms. The van der Waals surface area contributed by atoms with Crippen molar-refractivity contribution < 1.29 is 81.1 Å². The lowest BCUT2D eigenvalue weighted by molar-refractivity contribution is -0.765. The molecular weight excluding hydrogens is 711 g/mol. The Kier molecular flexibility index (Phi) is 9.37. The highest BCUT2D eigenvalue weighted by Gasteiger charge is 2.58. The minimum Gasteiger partial charge on any atom is -0.394 e. The third kappa shape index (κ3) is 7.09. The number of anilines is 1. The van der Waals surface area contributed by atoms with E-state index in [1.54, 1.807) is 6.07 Å². The topological polar surface area (TPSA) is 337 Å². The number of aliphatic hydroxyl groups excluding tert-OH is 3. The van der Waals surface area contributed by atoms with Crippen LogP contribution in [0.5, 0.6) is 0 Å². The summed E-state index contributed by atoms with van der Waals surface area (Å²) < 4.78 is 66.9. The molecule has 0 spiro atoms. The van der Waals surface area contributed by atoms with Gasteiger partial charge in [0.25, 0.3) is 6.23 Å². The van der Waals surface area contributed by atoms with E-state index in [0.717, 1.165) is 10.9 Å². The van der Waals surface area contributed by atoms with Gasteiger partial charge in [0.05, 0.1) is 18.6 Å². The van der Waals surface area contributed by atoms with Gasteiger partial charge in [-0.1, -0.05) is 0 Å². The zero-order chi connectivity index (χ0) is 34.8. The molecule has 2 aliphatic rings. The van der Waals surface area contributed by atoms with Gasteiger partial charge in [-0.15, -0.1) is 0 Å². The van der Waals surface area contributed by atoms with Crippen LogP contribution in [0.3, 0.4) is 0 Å². The van der Waals surface area contributed by atoms with Crippen molar-refractivity contribution in [3.8, 4) is 0 Å². The van der Waals surface area contributed by atoms with Crippen molar-refractivity contribution in [3.05, 3.63) is 49.4 Å². The van der Waals surface area contributed by atoms with Gasteiger partial charge in [0.15, 0.2) is 36.2 Å². The lowest BCUT2D eigenvalue weighted by Crippen LogP contribution is -2.45. The Morgan fingerprint density at radius 3 is 2.46 bits per heavy atom. The molecule has 23 nitrogen and oxygen atoms in total. The number of nitrogens with zero attached hydrogens (tertiary/aromatic N) is 6. The van der Waals surface area contributed by atoms with Crippen LogP contribution in [0.4, 0.5) is 5.69 Å². The number of hydrogen-bond donors (Lipinski definition) is 9. The summed E-state index contributed by atoms with van der Waals surface area (Å²) in [5, 5.41) is 32.2. The molecule has 0 saturated carbocycles. The zero-order valence-corrected chi connectivity index (χ0v) is 26.7. The van der Waals surface area contributed by atoms with Gasteiger partial charge < -0.3 is 64.1 Å². The lowest BCUT2D eigenvalue weighted by atomic mass is 10.1. The maximum absolute atomic E-state index is 13.6. The summed E-state index contributed by atoms with van der Waals surface area (Å²) in [6, 6.07) is 3.07. The molecule has 10 N–H and O–H groups in total. The normalized spacial score (nSPS) is 30.2. The van der Waals surface area contributed by atoms with Crippen LogP contribution in [0.1, 0.15) is 12.5 Å². The van der Waals surface area contributed by atoms with Crippen LogP contribution < -0.4 is 10.3 Å². The van der Waals surface area contributed by atoms with Gasteiger partial charge in [0.1, 0.15) is 36.0 Å². The second kappa shape index (κ2) is 12.8. The number of nitrogen functional groups attached to an aromatic ring is 1. The van der Waals surface area contributed by atoms with E-state index in [4.69, 9.17) is 24.3 Å². The number of aliphatic hydroxyl groups is 3. The van der Waals surface area contributed by atoms with Crippen molar-refractivity contribution in [1.82, 2.24) is 23.9 Å². The summed E-state index contributed by atoms with van der Waals surface area (Å²) >= 11 is 0. The van der Waals surface area contributed by atoms with Gasteiger partial charge in [0, 0.05) is 24.7 Å². The fourth-order valence-electron chi connectivity index (χ4n) is 5.38. The van der Waals surface area contributed by atoms with E-state index >= 15 is 0 Å². The Labute approximate surface area is 267 Å². The second-order valence-electron chi connectivity index (χ2n) is 10.8. The number of aromatic nitrogens is 6. The number of pyridine rings is 1. The Hall–Kier alpha value is -2.79. The molecule has 6 heterocycles. The number of ether oxygens (including phenoxy) is 2. The molecule has 2 unspecified atom stereocenters. The Bertz CT molecular complexity index is 1950. The van der Waals surface area contributed by atoms with Crippen LogP contribution in [-0.2, 0) is 36.7 Å². The molecule has 4 aromatic rings. The predicted octanol–water partition coefficient (Wildman–Crippen LogP) is -2.36. The van der Waals surface area contributed by atoms with E-state index in [0.29, 0.717) is 5.52 Å². The number of imidazole rings is 2. The van der Waals surface area contributed by atoms with Crippen molar-refractivity contribution in [3.63, 3.8) is 0 Å². The monoisotopic (exact) mass is 740 g/mol. The van der Waals surface area contributed by atoms with Crippen LogP contribution >= 0.6 is 23.2 Å². The van der Waals surface area contributed by atoms with Crippen LogP contribution in [0.25, 0.3) is 16.9 Å². The lowest BCUT2D eigenvalue weighted by Gasteiger charge is -2.29. The van der Waals surface area contributed by atoms with Crippen LogP contribution in [0, 0.1) is 0 Å². The number of fused-ring (bicyclic) bond motifs is 3. The summed E-state index contributed by atoms with van der Waals surface area (Å²) in [5.74, 6) is -2.49. The second-order valence-corrected chi connectivity index (χ2v) is 15.0. The first-order valence-corrected chi connectivity index (χ1v) is 18.4. The molecular formula is C22H29N7O16P3+. The predicted molar refractivity (Wildman–Crippen MR) is 153 cm³/mol. The van der Waals surface area contributed by atoms with Crippen molar-refractivity contribution in [2.75, 3.05) is 12.3 Å². The quantitative estimate of drug-likeness (QED) is 0.0573. The number of rotatable bonds is 11. The maximum atomic E-state index is 13.6. The molecule has 0 radical (unpaired) electrons. The SMILES string of the molecule is Nc1ccc[n+]([C@@H]2O[C@H](COP(=O)(O)C(OP(=O)(O)O)[C@@H]3O[C@@H](n4cnc5nc6nccn6c5c4)[C@H](OP(=O)(O)O)[C@@H]3O)[C@@H](O)[C@H]2O)c1. The Morgan fingerprint density at radius 2 is 1.77 bits per heavy atom. The number of phosphoric acid groups is 2. The molecule has 0 aromatic carbocycles. The van der Waals surface area contributed by atoms with E-state index in [9.17, 15) is 53.5 Å². The van der Waals surface area contributed by atoms with Crippen molar-refractivity contribution >= 4 is 45.9 Å². The Balaban J connectivity index is 1.28. The van der Waals surface area contributed by atoms with Gasteiger partial charge in [0.2, 0.25) is 5.78 Å². The molecule has 2 fully saturated rings. The van der Waals surface area contributed by atoms with Gasteiger partial charge >= 0.3 is 23.2 Å². The molecule has 2 aliphatic heterocycles. The molecule has 0 amide bonds. The summed E-state index contributed by atoms with van der Waals surface area (Å²) in [4.78, 5) is 61.7. The van der Waals surface area contributed by atoms with E-state index < -0.39 is 84.8 Å². The van der Waals surface area contributed by atoms with E-state index in [1.165, 1.54) is 46.0 Å². The number of phosphoric ester groups is 2. The zero-order valence-electron chi connectivity index (χ0n) is 24.0. The highest BCUT2D eigenvalue weighted by atomic mass is 31.2. The van der Waals surface area contributed by atoms with Crippen molar-refractivity contribution in [2.24, 2.45) is 0 Å². The van der Waals surface area contributed by atoms with Gasteiger partial charge in [-0.2, -0.15) is 9.55 Å². The van der Waals surface area contributed by atoms with E-state index in [1.807, 2.05) is 0 Å². The third-order valence-corrected chi connectivity index (χ3v) is 10.2. The largest absolute Gasteiger partial charge is 0.470 e. The average Bonchev–Trinajstić information content (AvgIpc) is 3.73. The first-order chi connectivity index (χ1) is 22.4. The highest BCUT2D eigenvalue weighted by molar-refractivity contribution is 7.54. The van der Waals surface area contributed by atoms with Gasteiger partial charge in [-0.05, 0) is 6.07 Å². The fourth-order valence-corrected chi connectivity index (χ4v) is 8.30. The van der Waals surface area contributed by atoms with E-state index in [-0.39, 0.29) is 17.1 Å². The molecule has 10 atom stereocenters. The number of hydrogen-bond acceptors (Lipinski definition) is 15.